The lowest BCUT2D eigenvalue weighted by atomic mass is 10.1. The molecule has 1 aliphatic rings. The maximum atomic E-state index is 13.0. The summed E-state index contributed by atoms with van der Waals surface area (Å²) in [5, 5.41) is 4.99. The van der Waals surface area contributed by atoms with Crippen molar-refractivity contribution < 1.29 is 8.42 Å². The van der Waals surface area contributed by atoms with Crippen LogP contribution in [-0.2, 0) is 16.6 Å². The summed E-state index contributed by atoms with van der Waals surface area (Å²) in [5.41, 5.74) is 0.848. The molecule has 1 aromatic rings. The molecule has 1 aromatic heterocycles. The Hall–Kier alpha value is -0.470. The molecule has 1 aliphatic heterocycles. The molecule has 0 bridgehead atoms. The van der Waals surface area contributed by atoms with Crippen molar-refractivity contribution in [2.24, 2.45) is 0 Å². The molecule has 0 amide bonds. The fourth-order valence-corrected chi connectivity index (χ4v) is 6.04. The number of thiophene rings is 1. The molecule has 21 heavy (non-hydrogen) atoms. The lowest BCUT2D eigenvalue weighted by Crippen LogP contribution is -2.47. The van der Waals surface area contributed by atoms with E-state index in [2.05, 4.69) is 17.3 Å². The molecule has 1 unspecified atom stereocenters. The molecule has 0 aliphatic carbocycles. The molecule has 2 rings (SSSR count). The van der Waals surface area contributed by atoms with Gasteiger partial charge in [-0.2, -0.15) is 4.31 Å². The predicted octanol–water partition coefficient (Wildman–Crippen LogP) is 1.49. The molecule has 7 heteroatoms. The molecule has 0 aromatic carbocycles. The molecule has 0 spiro atoms. The summed E-state index contributed by atoms with van der Waals surface area (Å²) >= 11 is 1.51. The highest BCUT2D eigenvalue weighted by molar-refractivity contribution is 7.89. The zero-order valence-corrected chi connectivity index (χ0v) is 14.9. The van der Waals surface area contributed by atoms with Gasteiger partial charge in [-0.25, -0.2) is 8.42 Å². The number of likely N-dealkylation sites (N-methyl/N-ethyl adjacent to an activating group) is 2. The van der Waals surface area contributed by atoms with Crippen LogP contribution in [0.2, 0.25) is 0 Å². The second-order valence-corrected chi connectivity index (χ2v) is 8.68. The predicted molar refractivity (Wildman–Crippen MR) is 87.3 cm³/mol. The average Bonchev–Trinajstić information content (AvgIpc) is 2.80. The lowest BCUT2D eigenvalue weighted by Gasteiger charge is -2.35. The summed E-state index contributed by atoms with van der Waals surface area (Å²) < 4.78 is 27.6. The Morgan fingerprint density at radius 1 is 1.52 bits per heavy atom. The average molecular weight is 332 g/mol. The van der Waals surface area contributed by atoms with Crippen LogP contribution in [0, 0.1) is 6.92 Å². The number of hydrogen-bond donors (Lipinski definition) is 1. The SMILES string of the molecule is CNCc1scc(C)c1S(=O)(=O)N(C)C1CCCN(C)C1. The zero-order chi connectivity index (χ0) is 15.6. The number of aryl methyl sites for hydroxylation is 1. The van der Waals surface area contributed by atoms with E-state index in [4.69, 9.17) is 0 Å². The van der Waals surface area contributed by atoms with E-state index in [0.717, 1.165) is 36.4 Å². The Morgan fingerprint density at radius 3 is 2.86 bits per heavy atom. The van der Waals surface area contributed by atoms with Gasteiger partial charge in [0.25, 0.3) is 0 Å². The van der Waals surface area contributed by atoms with E-state index in [1.165, 1.54) is 11.3 Å². The number of likely N-dealkylation sites (tertiary alicyclic amines) is 1. The van der Waals surface area contributed by atoms with Gasteiger partial charge in [0.2, 0.25) is 10.0 Å². The summed E-state index contributed by atoms with van der Waals surface area (Å²) in [6.07, 6.45) is 1.98. The fourth-order valence-electron chi connectivity index (χ4n) is 2.89. The van der Waals surface area contributed by atoms with Gasteiger partial charge in [-0.1, -0.05) is 0 Å². The number of nitrogens with zero attached hydrogens (tertiary/aromatic N) is 2. The van der Waals surface area contributed by atoms with Gasteiger partial charge in [0, 0.05) is 31.1 Å². The Kier molecular flexibility index (Phi) is 5.43. The van der Waals surface area contributed by atoms with Crippen molar-refractivity contribution in [2.75, 3.05) is 34.2 Å². The van der Waals surface area contributed by atoms with Gasteiger partial charge in [-0.3, -0.25) is 0 Å². The van der Waals surface area contributed by atoms with Gasteiger partial charge in [-0.05, 0) is 51.3 Å². The highest BCUT2D eigenvalue weighted by Crippen LogP contribution is 2.31. The minimum Gasteiger partial charge on any atom is -0.315 e. The Morgan fingerprint density at radius 2 is 2.24 bits per heavy atom. The van der Waals surface area contributed by atoms with Crippen molar-refractivity contribution >= 4 is 21.4 Å². The summed E-state index contributed by atoms with van der Waals surface area (Å²) in [5.74, 6) is 0. The zero-order valence-electron chi connectivity index (χ0n) is 13.2. The topological polar surface area (TPSA) is 52.7 Å². The lowest BCUT2D eigenvalue weighted by molar-refractivity contribution is 0.187. The van der Waals surface area contributed by atoms with Gasteiger partial charge >= 0.3 is 0 Å². The summed E-state index contributed by atoms with van der Waals surface area (Å²) in [4.78, 5) is 3.60. The first-order valence-electron chi connectivity index (χ1n) is 7.26. The second kappa shape index (κ2) is 6.75. The minimum absolute atomic E-state index is 0.0653. The van der Waals surface area contributed by atoms with Crippen molar-refractivity contribution in [3.8, 4) is 0 Å². The highest BCUT2D eigenvalue weighted by atomic mass is 32.2. The molecular formula is C14H25N3O2S2. The number of hydrogen-bond acceptors (Lipinski definition) is 5. The van der Waals surface area contributed by atoms with Crippen LogP contribution in [0.25, 0.3) is 0 Å². The van der Waals surface area contributed by atoms with Gasteiger partial charge in [-0.15, -0.1) is 11.3 Å². The molecular weight excluding hydrogens is 306 g/mol. The van der Waals surface area contributed by atoms with Crippen molar-refractivity contribution in [3.05, 3.63) is 15.8 Å². The molecule has 1 saturated heterocycles. The molecule has 1 fully saturated rings. The number of piperidine rings is 1. The fraction of sp³-hybridized carbons (Fsp3) is 0.714. The maximum absolute atomic E-state index is 13.0. The Balaban J connectivity index is 2.30. The smallest absolute Gasteiger partial charge is 0.244 e. The van der Waals surface area contributed by atoms with E-state index in [0.29, 0.717) is 11.4 Å². The van der Waals surface area contributed by atoms with Crippen molar-refractivity contribution in [1.29, 1.82) is 0 Å². The van der Waals surface area contributed by atoms with E-state index in [-0.39, 0.29) is 6.04 Å². The molecule has 0 radical (unpaired) electrons. The first-order valence-corrected chi connectivity index (χ1v) is 9.58. The monoisotopic (exact) mass is 331 g/mol. The summed E-state index contributed by atoms with van der Waals surface area (Å²) in [6.45, 7) is 4.32. The van der Waals surface area contributed by atoms with Crippen LogP contribution < -0.4 is 5.32 Å². The van der Waals surface area contributed by atoms with Gasteiger partial charge < -0.3 is 10.2 Å². The Bertz CT molecular complexity index is 583. The maximum Gasteiger partial charge on any atom is 0.244 e. The third kappa shape index (κ3) is 3.48. The number of rotatable bonds is 5. The molecule has 1 atom stereocenters. The van der Waals surface area contributed by atoms with E-state index < -0.39 is 10.0 Å². The molecule has 1 N–H and O–H groups in total. The normalized spacial score (nSPS) is 21.1. The van der Waals surface area contributed by atoms with Gasteiger partial charge in [0.1, 0.15) is 4.90 Å². The third-order valence-corrected chi connectivity index (χ3v) is 7.45. The largest absolute Gasteiger partial charge is 0.315 e. The van der Waals surface area contributed by atoms with E-state index in [1.807, 2.05) is 19.4 Å². The third-order valence-electron chi connectivity index (χ3n) is 4.08. The van der Waals surface area contributed by atoms with E-state index in [1.54, 1.807) is 11.4 Å². The summed E-state index contributed by atoms with van der Waals surface area (Å²) in [6, 6.07) is 0.0653. The van der Waals surface area contributed by atoms with Crippen LogP contribution in [-0.4, -0.2) is 57.9 Å². The van der Waals surface area contributed by atoms with Gasteiger partial charge in [0.05, 0.1) is 0 Å². The van der Waals surface area contributed by atoms with Crippen LogP contribution >= 0.6 is 11.3 Å². The molecule has 2 heterocycles. The van der Waals surface area contributed by atoms with Crippen molar-refractivity contribution in [3.63, 3.8) is 0 Å². The van der Waals surface area contributed by atoms with E-state index >= 15 is 0 Å². The van der Waals surface area contributed by atoms with Crippen LogP contribution in [0.3, 0.4) is 0 Å². The molecule has 5 nitrogen and oxygen atoms in total. The first kappa shape index (κ1) is 16.9. The quantitative estimate of drug-likeness (QED) is 0.888. The standard InChI is InChI=1S/C14H25N3O2S2/c1-11-10-20-13(8-15-2)14(11)21(18,19)17(4)12-6-5-7-16(3)9-12/h10,12,15H,5-9H2,1-4H3. The van der Waals surface area contributed by atoms with E-state index in [9.17, 15) is 8.42 Å². The van der Waals surface area contributed by atoms with Crippen LogP contribution in [0.4, 0.5) is 0 Å². The first-order chi connectivity index (χ1) is 9.87. The van der Waals surface area contributed by atoms with Crippen molar-refractivity contribution in [2.45, 2.75) is 37.2 Å². The van der Waals surface area contributed by atoms with Crippen LogP contribution in [0.1, 0.15) is 23.3 Å². The highest BCUT2D eigenvalue weighted by Gasteiger charge is 2.33. The molecule has 0 saturated carbocycles. The van der Waals surface area contributed by atoms with Crippen LogP contribution in [0.5, 0.6) is 0 Å². The van der Waals surface area contributed by atoms with Gasteiger partial charge in [0.15, 0.2) is 0 Å². The van der Waals surface area contributed by atoms with Crippen molar-refractivity contribution in [1.82, 2.24) is 14.5 Å². The number of nitrogens with one attached hydrogen (secondary N) is 1. The Labute approximate surface area is 132 Å². The second-order valence-electron chi connectivity index (χ2n) is 5.78. The minimum atomic E-state index is -3.43. The van der Waals surface area contributed by atoms with Crippen LogP contribution in [0.15, 0.2) is 10.3 Å². The number of sulfonamides is 1. The molecule has 120 valence electrons. The summed E-state index contributed by atoms with van der Waals surface area (Å²) in [7, 11) is 2.19.